The highest BCUT2D eigenvalue weighted by Gasteiger charge is 2.37. The van der Waals surface area contributed by atoms with Crippen LogP contribution in [0.25, 0.3) is 0 Å². The van der Waals surface area contributed by atoms with Gasteiger partial charge in [-0.25, -0.2) is 4.39 Å². The zero-order valence-corrected chi connectivity index (χ0v) is 15.0. The van der Waals surface area contributed by atoms with Gasteiger partial charge in [0.05, 0.1) is 28.9 Å². The van der Waals surface area contributed by atoms with Crippen LogP contribution in [0.2, 0.25) is 0 Å². The molecule has 0 spiro atoms. The minimum atomic E-state index is -0.586. The number of aliphatic hydroxyl groups excluding tert-OH is 1. The molecule has 134 valence electrons. The van der Waals surface area contributed by atoms with E-state index in [9.17, 15) is 14.3 Å². The maximum absolute atomic E-state index is 13.2. The van der Waals surface area contributed by atoms with Crippen LogP contribution in [0.15, 0.2) is 30.5 Å². The summed E-state index contributed by atoms with van der Waals surface area (Å²) in [7, 11) is 0. The first-order valence-corrected chi connectivity index (χ1v) is 8.48. The number of benzene rings is 1. The molecule has 1 amide bonds. The normalized spacial score (nSPS) is 21.0. The van der Waals surface area contributed by atoms with Crippen molar-refractivity contribution in [3.8, 4) is 0 Å². The second-order valence-electron chi connectivity index (χ2n) is 7.66. The van der Waals surface area contributed by atoms with Gasteiger partial charge in [0.25, 0.3) is 5.91 Å². The molecule has 1 fully saturated rings. The molecule has 1 aromatic carbocycles. The van der Waals surface area contributed by atoms with Gasteiger partial charge in [0.2, 0.25) is 0 Å². The van der Waals surface area contributed by atoms with Gasteiger partial charge in [0.1, 0.15) is 5.82 Å². The molecule has 2 aromatic rings. The first kappa shape index (κ1) is 17.6. The lowest BCUT2D eigenvalue weighted by molar-refractivity contribution is 0.0715. The van der Waals surface area contributed by atoms with E-state index in [-0.39, 0.29) is 29.8 Å². The fourth-order valence-electron chi connectivity index (χ4n) is 3.21. The van der Waals surface area contributed by atoms with E-state index in [0.717, 1.165) is 5.56 Å². The molecule has 1 aliphatic rings. The lowest BCUT2D eigenvalue weighted by atomic mass is 10.0. The molecular formula is C19H24FN3O2. The Bertz CT molecular complexity index is 777. The van der Waals surface area contributed by atoms with Gasteiger partial charge in [-0.15, -0.1) is 0 Å². The number of hydrogen-bond donors (Lipinski definition) is 1. The Balaban J connectivity index is 1.92. The highest BCUT2D eigenvalue weighted by atomic mass is 19.1. The Morgan fingerprint density at radius 2 is 1.92 bits per heavy atom. The summed E-state index contributed by atoms with van der Waals surface area (Å²) in [5.74, 6) is -0.471. The molecule has 5 nitrogen and oxygen atoms in total. The van der Waals surface area contributed by atoms with Crippen molar-refractivity contribution in [2.24, 2.45) is 0 Å². The van der Waals surface area contributed by atoms with Crippen molar-refractivity contribution in [3.63, 3.8) is 0 Å². The molecule has 6 heteroatoms. The first-order valence-electron chi connectivity index (χ1n) is 8.48. The summed E-state index contributed by atoms with van der Waals surface area (Å²) in [5, 5.41) is 14.6. The number of aryl methyl sites for hydroxylation is 1. The minimum Gasteiger partial charge on any atom is -0.391 e. The molecule has 0 saturated carbocycles. The maximum Gasteiger partial charge on any atom is 0.257 e. The predicted molar refractivity (Wildman–Crippen MR) is 92.8 cm³/mol. The number of halogens is 1. The summed E-state index contributed by atoms with van der Waals surface area (Å²) in [6.07, 6.45) is 1.63. The molecule has 0 radical (unpaired) electrons. The molecule has 1 saturated heterocycles. The molecule has 2 unspecified atom stereocenters. The topological polar surface area (TPSA) is 58.4 Å². The van der Waals surface area contributed by atoms with E-state index in [1.54, 1.807) is 27.9 Å². The van der Waals surface area contributed by atoms with Gasteiger partial charge in [-0.3, -0.25) is 9.48 Å². The summed E-state index contributed by atoms with van der Waals surface area (Å²) in [5.41, 5.74) is 1.81. The van der Waals surface area contributed by atoms with Crippen LogP contribution in [0.5, 0.6) is 0 Å². The fourth-order valence-corrected chi connectivity index (χ4v) is 3.21. The van der Waals surface area contributed by atoms with Gasteiger partial charge < -0.3 is 10.0 Å². The average Bonchev–Trinajstić information content (AvgIpc) is 3.10. The Kier molecular flexibility index (Phi) is 4.41. The third-order valence-electron chi connectivity index (χ3n) is 4.61. The third-order valence-corrected chi connectivity index (χ3v) is 4.61. The van der Waals surface area contributed by atoms with Crippen LogP contribution in [-0.4, -0.2) is 38.3 Å². The summed E-state index contributed by atoms with van der Waals surface area (Å²) < 4.78 is 15.0. The molecule has 0 bridgehead atoms. The SMILES string of the molecule is Cc1nn(C(C)(C)C)cc1C(=O)N1CC(O)CC1c1ccc(F)cc1. The maximum atomic E-state index is 13.2. The number of amides is 1. The summed E-state index contributed by atoms with van der Waals surface area (Å²) in [4.78, 5) is 14.8. The molecule has 2 atom stereocenters. The van der Waals surface area contributed by atoms with Crippen LogP contribution in [0.3, 0.4) is 0 Å². The highest BCUT2D eigenvalue weighted by molar-refractivity contribution is 5.95. The molecule has 1 aromatic heterocycles. The lowest BCUT2D eigenvalue weighted by Crippen LogP contribution is -2.32. The number of carbonyl (C=O) groups excluding carboxylic acids is 1. The average molecular weight is 345 g/mol. The van der Waals surface area contributed by atoms with E-state index in [0.29, 0.717) is 17.7 Å². The Labute approximate surface area is 147 Å². The minimum absolute atomic E-state index is 0.154. The number of nitrogens with zero attached hydrogens (tertiary/aromatic N) is 3. The van der Waals surface area contributed by atoms with E-state index < -0.39 is 6.10 Å². The predicted octanol–water partition coefficient (Wildman–Crippen LogP) is 3.03. The van der Waals surface area contributed by atoms with Crippen molar-refractivity contribution >= 4 is 5.91 Å². The van der Waals surface area contributed by atoms with E-state index in [1.165, 1.54) is 12.1 Å². The van der Waals surface area contributed by atoms with Crippen LogP contribution < -0.4 is 0 Å². The fraction of sp³-hybridized carbons (Fsp3) is 0.474. The van der Waals surface area contributed by atoms with Crippen molar-refractivity contribution in [2.45, 2.75) is 51.8 Å². The number of aliphatic hydroxyl groups is 1. The number of β-amino-alcohol motifs (C(OH)–C–C–N with tert-alkyl or cyclic N) is 1. The molecule has 25 heavy (non-hydrogen) atoms. The summed E-state index contributed by atoms with van der Waals surface area (Å²) >= 11 is 0. The zero-order valence-electron chi connectivity index (χ0n) is 15.0. The number of carbonyl (C=O) groups is 1. The van der Waals surface area contributed by atoms with Crippen LogP contribution >= 0.6 is 0 Å². The van der Waals surface area contributed by atoms with E-state index in [2.05, 4.69) is 5.10 Å². The van der Waals surface area contributed by atoms with Crippen molar-refractivity contribution in [3.05, 3.63) is 53.1 Å². The van der Waals surface area contributed by atoms with Gasteiger partial charge in [-0.2, -0.15) is 5.10 Å². The van der Waals surface area contributed by atoms with Crippen molar-refractivity contribution in [2.75, 3.05) is 6.54 Å². The lowest BCUT2D eigenvalue weighted by Gasteiger charge is -2.24. The number of likely N-dealkylation sites (tertiary alicyclic amines) is 1. The van der Waals surface area contributed by atoms with E-state index >= 15 is 0 Å². The van der Waals surface area contributed by atoms with Crippen LogP contribution in [0.4, 0.5) is 4.39 Å². The van der Waals surface area contributed by atoms with Gasteiger partial charge in [0.15, 0.2) is 0 Å². The summed E-state index contributed by atoms with van der Waals surface area (Å²) in [6.45, 7) is 8.15. The molecular weight excluding hydrogens is 321 g/mol. The van der Waals surface area contributed by atoms with E-state index in [1.807, 2.05) is 27.7 Å². The molecule has 1 aliphatic heterocycles. The Hall–Kier alpha value is -2.21. The van der Waals surface area contributed by atoms with Gasteiger partial charge in [-0.1, -0.05) is 12.1 Å². The van der Waals surface area contributed by atoms with Gasteiger partial charge in [-0.05, 0) is 51.8 Å². The highest BCUT2D eigenvalue weighted by Crippen LogP contribution is 2.34. The second kappa shape index (κ2) is 6.26. The molecule has 3 rings (SSSR count). The quantitative estimate of drug-likeness (QED) is 0.910. The molecule has 2 heterocycles. The standard InChI is InChI=1S/C19H24FN3O2/c1-12-16(11-23(21-12)19(2,3)4)18(25)22-10-15(24)9-17(22)13-5-7-14(20)8-6-13/h5-8,11,15,17,24H,9-10H2,1-4H3. The third kappa shape index (κ3) is 3.44. The molecule has 0 aliphatic carbocycles. The van der Waals surface area contributed by atoms with Gasteiger partial charge in [0, 0.05) is 12.7 Å². The van der Waals surface area contributed by atoms with Gasteiger partial charge >= 0.3 is 0 Å². The number of rotatable bonds is 2. The van der Waals surface area contributed by atoms with Crippen molar-refractivity contribution in [1.82, 2.24) is 14.7 Å². The monoisotopic (exact) mass is 345 g/mol. The summed E-state index contributed by atoms with van der Waals surface area (Å²) in [6, 6.07) is 5.84. The Morgan fingerprint density at radius 3 is 2.48 bits per heavy atom. The first-order chi connectivity index (χ1) is 11.7. The van der Waals surface area contributed by atoms with Crippen molar-refractivity contribution < 1.29 is 14.3 Å². The Morgan fingerprint density at radius 1 is 1.28 bits per heavy atom. The van der Waals surface area contributed by atoms with Crippen LogP contribution in [0.1, 0.15) is 54.8 Å². The zero-order chi connectivity index (χ0) is 18.4. The van der Waals surface area contributed by atoms with E-state index in [4.69, 9.17) is 0 Å². The van der Waals surface area contributed by atoms with Crippen LogP contribution in [-0.2, 0) is 5.54 Å². The second-order valence-corrected chi connectivity index (χ2v) is 7.66. The smallest absolute Gasteiger partial charge is 0.257 e. The van der Waals surface area contributed by atoms with Crippen LogP contribution in [0, 0.1) is 12.7 Å². The largest absolute Gasteiger partial charge is 0.391 e. The molecule has 1 N–H and O–H groups in total. The number of aromatic nitrogens is 2. The van der Waals surface area contributed by atoms with Crippen molar-refractivity contribution in [1.29, 1.82) is 0 Å². The number of hydrogen-bond acceptors (Lipinski definition) is 3.